The fourth-order valence-corrected chi connectivity index (χ4v) is 3.65. The van der Waals surface area contributed by atoms with Gasteiger partial charge >= 0.3 is 0 Å². The van der Waals surface area contributed by atoms with Crippen LogP contribution in [0.1, 0.15) is 10.5 Å². The van der Waals surface area contributed by atoms with Gasteiger partial charge in [0.1, 0.15) is 22.2 Å². The monoisotopic (exact) mass is 386 g/mol. The number of carbonyl (C=O) groups excluding carboxylic acids is 1. The van der Waals surface area contributed by atoms with Crippen LogP contribution in [-0.4, -0.2) is 20.4 Å². The molecule has 1 amide bonds. The lowest BCUT2D eigenvalue weighted by Crippen LogP contribution is -2.12. The van der Waals surface area contributed by atoms with Gasteiger partial charge in [0.15, 0.2) is 0 Å². The quantitative estimate of drug-likeness (QED) is 0.553. The van der Waals surface area contributed by atoms with Gasteiger partial charge in [0, 0.05) is 35.8 Å². The average molecular weight is 387 g/mol. The summed E-state index contributed by atoms with van der Waals surface area (Å²) in [5.41, 5.74) is 2.20. The first-order valence-electron chi connectivity index (χ1n) is 7.65. The molecule has 3 heterocycles. The SMILES string of the molecule is Cn1cc(-c2nc(C(=O)Nc3cc(F)ccc3Cl)cs2)c2cccnc21. The number of aryl methyl sites for hydroxylation is 1. The summed E-state index contributed by atoms with van der Waals surface area (Å²) < 4.78 is 15.3. The van der Waals surface area contributed by atoms with Crippen molar-refractivity contribution in [3.8, 4) is 10.6 Å². The van der Waals surface area contributed by atoms with Gasteiger partial charge in [0.05, 0.1) is 10.7 Å². The molecule has 4 aromatic rings. The number of benzene rings is 1. The summed E-state index contributed by atoms with van der Waals surface area (Å²) in [6, 6.07) is 7.61. The van der Waals surface area contributed by atoms with Crippen LogP contribution in [0.5, 0.6) is 0 Å². The molecule has 0 atom stereocenters. The smallest absolute Gasteiger partial charge is 0.275 e. The largest absolute Gasteiger partial charge is 0.335 e. The Morgan fingerprint density at radius 3 is 3.04 bits per heavy atom. The Morgan fingerprint density at radius 2 is 2.19 bits per heavy atom. The first kappa shape index (κ1) is 16.7. The Labute approximate surface area is 157 Å². The van der Waals surface area contributed by atoms with E-state index in [2.05, 4.69) is 15.3 Å². The van der Waals surface area contributed by atoms with Crippen molar-refractivity contribution in [1.29, 1.82) is 0 Å². The zero-order chi connectivity index (χ0) is 18.3. The van der Waals surface area contributed by atoms with Crippen molar-refractivity contribution in [2.45, 2.75) is 0 Å². The molecule has 0 aliphatic carbocycles. The van der Waals surface area contributed by atoms with E-state index in [4.69, 9.17) is 11.6 Å². The molecule has 26 heavy (non-hydrogen) atoms. The molecule has 1 aromatic carbocycles. The molecule has 0 bridgehead atoms. The highest BCUT2D eigenvalue weighted by Gasteiger charge is 2.17. The van der Waals surface area contributed by atoms with Crippen molar-refractivity contribution in [2.75, 3.05) is 5.32 Å². The molecule has 130 valence electrons. The lowest BCUT2D eigenvalue weighted by atomic mass is 10.2. The van der Waals surface area contributed by atoms with Crippen LogP contribution in [0.4, 0.5) is 10.1 Å². The number of nitrogens with one attached hydrogen (secondary N) is 1. The summed E-state index contributed by atoms with van der Waals surface area (Å²) >= 11 is 7.35. The first-order chi connectivity index (χ1) is 12.5. The van der Waals surface area contributed by atoms with Gasteiger partial charge in [-0.05, 0) is 30.3 Å². The van der Waals surface area contributed by atoms with Crippen LogP contribution < -0.4 is 5.32 Å². The number of thiazole rings is 1. The van der Waals surface area contributed by atoms with Crippen molar-refractivity contribution >= 4 is 45.6 Å². The molecule has 0 fully saturated rings. The molecule has 8 heteroatoms. The van der Waals surface area contributed by atoms with Crippen LogP contribution in [0.2, 0.25) is 5.02 Å². The Hall–Kier alpha value is -2.77. The highest BCUT2D eigenvalue weighted by atomic mass is 35.5. The summed E-state index contributed by atoms with van der Waals surface area (Å²) in [5, 5.41) is 6.18. The second-order valence-electron chi connectivity index (χ2n) is 5.64. The number of fused-ring (bicyclic) bond motifs is 1. The van der Waals surface area contributed by atoms with Gasteiger partial charge in [-0.1, -0.05) is 11.6 Å². The second-order valence-corrected chi connectivity index (χ2v) is 6.91. The molecular formula is C18H12ClFN4OS. The minimum atomic E-state index is -0.480. The molecule has 0 saturated carbocycles. The average Bonchev–Trinajstić information content (AvgIpc) is 3.24. The molecule has 0 saturated heterocycles. The van der Waals surface area contributed by atoms with Gasteiger partial charge < -0.3 is 9.88 Å². The Bertz CT molecular complexity index is 1140. The summed E-state index contributed by atoms with van der Waals surface area (Å²) in [6.45, 7) is 0. The number of hydrogen-bond acceptors (Lipinski definition) is 4. The molecule has 3 aromatic heterocycles. The molecule has 0 unspecified atom stereocenters. The number of rotatable bonds is 3. The molecule has 5 nitrogen and oxygen atoms in total. The van der Waals surface area contributed by atoms with Crippen molar-refractivity contribution in [3.63, 3.8) is 0 Å². The van der Waals surface area contributed by atoms with E-state index in [0.717, 1.165) is 16.6 Å². The zero-order valence-electron chi connectivity index (χ0n) is 13.5. The van der Waals surface area contributed by atoms with E-state index in [1.807, 2.05) is 29.9 Å². The van der Waals surface area contributed by atoms with E-state index >= 15 is 0 Å². The van der Waals surface area contributed by atoms with Crippen molar-refractivity contribution in [3.05, 3.63) is 64.6 Å². The van der Waals surface area contributed by atoms with Crippen LogP contribution in [0.3, 0.4) is 0 Å². The predicted molar refractivity (Wildman–Crippen MR) is 101 cm³/mol. The minimum absolute atomic E-state index is 0.209. The van der Waals surface area contributed by atoms with Crippen LogP contribution in [0.15, 0.2) is 48.1 Å². The molecular weight excluding hydrogens is 375 g/mol. The van der Waals surface area contributed by atoms with Gasteiger partial charge in [0.2, 0.25) is 0 Å². The third kappa shape index (κ3) is 2.95. The highest BCUT2D eigenvalue weighted by Crippen LogP contribution is 2.31. The molecule has 4 rings (SSSR count). The normalized spacial score (nSPS) is 11.0. The van der Waals surface area contributed by atoms with E-state index in [1.54, 1.807) is 11.6 Å². The predicted octanol–water partition coefficient (Wildman–Crippen LogP) is 4.74. The maximum atomic E-state index is 13.3. The van der Waals surface area contributed by atoms with E-state index in [1.165, 1.54) is 29.5 Å². The lowest BCUT2D eigenvalue weighted by molar-refractivity contribution is 0.102. The van der Waals surface area contributed by atoms with Crippen LogP contribution in [0.25, 0.3) is 21.6 Å². The van der Waals surface area contributed by atoms with E-state index < -0.39 is 11.7 Å². The fourth-order valence-electron chi connectivity index (χ4n) is 2.66. The van der Waals surface area contributed by atoms with Gasteiger partial charge in [-0.15, -0.1) is 11.3 Å². The Kier molecular flexibility index (Phi) is 4.18. The number of carbonyl (C=O) groups is 1. The number of halogens is 2. The first-order valence-corrected chi connectivity index (χ1v) is 8.91. The molecule has 0 spiro atoms. The van der Waals surface area contributed by atoms with Crippen molar-refractivity contribution in [2.24, 2.45) is 7.05 Å². The molecule has 0 aliphatic rings. The third-order valence-corrected chi connectivity index (χ3v) is 5.08. The Morgan fingerprint density at radius 1 is 1.35 bits per heavy atom. The number of hydrogen-bond donors (Lipinski definition) is 1. The summed E-state index contributed by atoms with van der Waals surface area (Å²) in [6.07, 6.45) is 3.66. The maximum Gasteiger partial charge on any atom is 0.275 e. The number of nitrogens with zero attached hydrogens (tertiary/aromatic N) is 3. The Balaban J connectivity index is 1.65. The minimum Gasteiger partial charge on any atom is -0.335 e. The highest BCUT2D eigenvalue weighted by molar-refractivity contribution is 7.13. The molecule has 0 aliphatic heterocycles. The number of aromatic nitrogens is 3. The zero-order valence-corrected chi connectivity index (χ0v) is 15.1. The van der Waals surface area contributed by atoms with Gasteiger partial charge in [-0.2, -0.15) is 0 Å². The number of amides is 1. The van der Waals surface area contributed by atoms with E-state index in [-0.39, 0.29) is 16.4 Å². The van der Waals surface area contributed by atoms with Crippen molar-refractivity contribution in [1.82, 2.24) is 14.5 Å². The number of pyridine rings is 1. The van der Waals surface area contributed by atoms with Crippen molar-refractivity contribution < 1.29 is 9.18 Å². The standard InChI is InChI=1S/C18H12ClFN4OS/c1-24-8-12(11-3-2-6-21-16(11)24)18-23-15(9-26-18)17(25)22-14-7-10(20)4-5-13(14)19/h2-9H,1H3,(H,22,25). The third-order valence-electron chi connectivity index (χ3n) is 3.88. The summed E-state index contributed by atoms with van der Waals surface area (Å²) in [4.78, 5) is 21.2. The molecule has 0 radical (unpaired) electrons. The van der Waals surface area contributed by atoms with Crippen LogP contribution >= 0.6 is 22.9 Å². The van der Waals surface area contributed by atoms with Crippen LogP contribution in [0, 0.1) is 5.82 Å². The van der Waals surface area contributed by atoms with Gasteiger partial charge in [0.25, 0.3) is 5.91 Å². The number of anilines is 1. The summed E-state index contributed by atoms with van der Waals surface area (Å²) in [5.74, 6) is -0.926. The van der Waals surface area contributed by atoms with Crippen LogP contribution in [-0.2, 0) is 7.05 Å². The summed E-state index contributed by atoms with van der Waals surface area (Å²) in [7, 11) is 1.91. The van der Waals surface area contributed by atoms with Gasteiger partial charge in [-0.25, -0.2) is 14.4 Å². The topological polar surface area (TPSA) is 59.8 Å². The fraction of sp³-hybridized carbons (Fsp3) is 0.0556. The van der Waals surface area contributed by atoms with Gasteiger partial charge in [-0.3, -0.25) is 4.79 Å². The van der Waals surface area contributed by atoms with E-state index in [0.29, 0.717) is 5.01 Å². The van der Waals surface area contributed by atoms with E-state index in [9.17, 15) is 9.18 Å². The molecule has 1 N–H and O–H groups in total. The maximum absolute atomic E-state index is 13.3. The second kappa shape index (κ2) is 6.51. The lowest BCUT2D eigenvalue weighted by Gasteiger charge is -2.05.